The van der Waals surface area contributed by atoms with E-state index in [0.29, 0.717) is 0 Å². The maximum Gasteiger partial charge on any atom is 0.292 e. The number of carbonyl (C=O) groups excluding carboxylic acids is 2. The molecule has 2 aromatic rings. The number of nitrogens with zero attached hydrogens (tertiary/aromatic N) is 3. The zero-order valence-electron chi connectivity index (χ0n) is 14.9. The van der Waals surface area contributed by atoms with Crippen molar-refractivity contribution in [3.05, 3.63) is 73.3 Å². The Morgan fingerprint density at radius 2 is 1.72 bits per heavy atom. The maximum atomic E-state index is 12.1. The zero-order chi connectivity index (χ0) is 21.6. The Kier molecular flexibility index (Phi) is 6.93. The molecule has 0 aromatic heterocycles. The number of nitro benzene ring substituents is 2. The molecule has 150 valence electrons. The Balaban J connectivity index is 1.99. The highest BCUT2D eigenvalue weighted by Crippen LogP contribution is 2.25. The zero-order valence-corrected chi connectivity index (χ0v) is 15.7. The smallest absolute Gasteiger partial charge is 0.292 e. The van der Waals surface area contributed by atoms with E-state index in [1.54, 1.807) is 6.07 Å². The molecule has 0 atom stereocenters. The predicted octanol–water partition coefficient (Wildman–Crippen LogP) is 3.29. The Morgan fingerprint density at radius 1 is 1.07 bits per heavy atom. The molecular formula is C17H14ClN5O6. The van der Waals surface area contributed by atoms with Crippen LogP contribution in [0.15, 0.2) is 47.6 Å². The highest BCUT2D eigenvalue weighted by atomic mass is 35.5. The number of benzene rings is 2. The van der Waals surface area contributed by atoms with Gasteiger partial charge in [0.1, 0.15) is 10.7 Å². The number of amides is 2. The van der Waals surface area contributed by atoms with Gasteiger partial charge in [0.2, 0.25) is 5.91 Å². The first kappa shape index (κ1) is 21.4. The summed E-state index contributed by atoms with van der Waals surface area (Å²) in [4.78, 5) is 44.5. The molecule has 0 fully saturated rings. The number of carbonyl (C=O) groups is 2. The van der Waals surface area contributed by atoms with Crippen LogP contribution in [0, 0.1) is 20.2 Å². The summed E-state index contributed by atoms with van der Waals surface area (Å²) in [5.74, 6) is -1.24. The first-order valence-corrected chi connectivity index (χ1v) is 8.37. The lowest BCUT2D eigenvalue weighted by atomic mass is 10.2. The Hall–Kier alpha value is -3.86. The number of hydrogen-bond acceptors (Lipinski definition) is 7. The molecular weight excluding hydrogens is 406 g/mol. The van der Waals surface area contributed by atoms with Gasteiger partial charge in [0.05, 0.1) is 16.3 Å². The van der Waals surface area contributed by atoms with Crippen molar-refractivity contribution in [3.63, 3.8) is 0 Å². The highest BCUT2D eigenvalue weighted by Gasteiger charge is 2.16. The SMILES string of the molecule is C/C(CC(=O)Nc1ccccc1[N+](=O)[O-])=N/NC(=O)c1ccc([N+](=O)[O-])c(Cl)c1. The van der Waals surface area contributed by atoms with Crippen molar-refractivity contribution in [3.8, 4) is 0 Å². The monoisotopic (exact) mass is 419 g/mol. The van der Waals surface area contributed by atoms with Crippen molar-refractivity contribution in [1.82, 2.24) is 5.43 Å². The molecule has 0 saturated heterocycles. The molecule has 12 heteroatoms. The van der Waals surface area contributed by atoms with Gasteiger partial charge in [-0.05, 0) is 25.1 Å². The molecule has 2 N–H and O–H groups in total. The minimum atomic E-state index is -0.680. The lowest BCUT2D eigenvalue weighted by molar-refractivity contribution is -0.384. The van der Waals surface area contributed by atoms with Crippen molar-refractivity contribution in [2.24, 2.45) is 5.10 Å². The minimum Gasteiger partial charge on any atom is -0.320 e. The summed E-state index contributed by atoms with van der Waals surface area (Å²) in [6, 6.07) is 9.09. The minimum absolute atomic E-state index is 0.0415. The van der Waals surface area contributed by atoms with Crippen LogP contribution in [-0.2, 0) is 4.79 Å². The fraction of sp³-hybridized carbons (Fsp3) is 0.118. The summed E-state index contributed by atoms with van der Waals surface area (Å²) in [5.41, 5.74) is 1.93. The van der Waals surface area contributed by atoms with Crippen LogP contribution >= 0.6 is 11.6 Å². The summed E-state index contributed by atoms with van der Waals surface area (Å²) in [6.07, 6.45) is -0.229. The van der Waals surface area contributed by atoms with E-state index in [-0.39, 0.29) is 39.8 Å². The molecule has 0 bridgehead atoms. The molecule has 0 aliphatic rings. The van der Waals surface area contributed by atoms with E-state index in [0.717, 1.165) is 12.1 Å². The first-order valence-electron chi connectivity index (χ1n) is 7.99. The number of anilines is 1. The Labute approximate surface area is 168 Å². The van der Waals surface area contributed by atoms with E-state index in [1.165, 1.54) is 31.2 Å². The second kappa shape index (κ2) is 9.37. The molecule has 2 aromatic carbocycles. The van der Waals surface area contributed by atoms with Gasteiger partial charge in [-0.15, -0.1) is 0 Å². The number of halogens is 1. The number of nitro groups is 2. The fourth-order valence-electron chi connectivity index (χ4n) is 2.21. The first-order chi connectivity index (χ1) is 13.7. The normalized spacial score (nSPS) is 10.9. The van der Waals surface area contributed by atoms with Crippen LogP contribution < -0.4 is 10.7 Å². The maximum absolute atomic E-state index is 12.1. The molecule has 0 aliphatic heterocycles. The van der Waals surface area contributed by atoms with E-state index in [9.17, 15) is 29.8 Å². The van der Waals surface area contributed by atoms with Crippen molar-refractivity contribution in [2.75, 3.05) is 5.32 Å². The fourth-order valence-corrected chi connectivity index (χ4v) is 2.46. The van der Waals surface area contributed by atoms with Gasteiger partial charge in [-0.1, -0.05) is 23.7 Å². The molecule has 0 saturated carbocycles. The van der Waals surface area contributed by atoms with Gasteiger partial charge in [0, 0.05) is 23.4 Å². The van der Waals surface area contributed by atoms with Crippen molar-refractivity contribution in [1.29, 1.82) is 0 Å². The van der Waals surface area contributed by atoms with E-state index in [1.807, 2.05) is 0 Å². The third-order valence-electron chi connectivity index (χ3n) is 3.55. The molecule has 0 heterocycles. The van der Waals surface area contributed by atoms with Crippen LogP contribution in [0.5, 0.6) is 0 Å². The summed E-state index contributed by atoms with van der Waals surface area (Å²) < 4.78 is 0. The van der Waals surface area contributed by atoms with Gasteiger partial charge in [-0.25, -0.2) is 5.43 Å². The van der Waals surface area contributed by atoms with E-state index >= 15 is 0 Å². The molecule has 0 spiro atoms. The van der Waals surface area contributed by atoms with Gasteiger partial charge in [-0.2, -0.15) is 5.10 Å². The Bertz CT molecular complexity index is 1020. The standard InChI is InChI=1S/C17H14ClN5O6/c1-10(8-16(24)19-13-4-2-3-5-15(13)23(28)29)20-21-17(25)11-6-7-14(22(26)27)12(18)9-11/h2-7,9H,8H2,1H3,(H,19,24)(H,21,25)/b20-10-. The average molecular weight is 420 g/mol. The third kappa shape index (κ3) is 5.81. The van der Waals surface area contributed by atoms with E-state index in [2.05, 4.69) is 15.8 Å². The number of nitrogens with one attached hydrogen (secondary N) is 2. The van der Waals surface area contributed by atoms with Crippen molar-refractivity contribution < 1.29 is 19.4 Å². The summed E-state index contributed by atoms with van der Waals surface area (Å²) in [5, 5.41) is 27.7. The topological polar surface area (TPSA) is 157 Å². The molecule has 2 rings (SSSR count). The number of para-hydroxylation sites is 2. The lowest BCUT2D eigenvalue weighted by Crippen LogP contribution is -2.21. The van der Waals surface area contributed by atoms with Gasteiger partial charge in [-0.3, -0.25) is 29.8 Å². The van der Waals surface area contributed by atoms with Gasteiger partial charge < -0.3 is 5.32 Å². The number of rotatable bonds is 7. The lowest BCUT2D eigenvalue weighted by Gasteiger charge is -2.06. The van der Waals surface area contributed by atoms with Gasteiger partial charge in [0.25, 0.3) is 17.3 Å². The van der Waals surface area contributed by atoms with Crippen molar-refractivity contribution >= 4 is 46.2 Å². The summed E-state index contributed by atoms with van der Waals surface area (Å²) in [6.45, 7) is 1.47. The summed E-state index contributed by atoms with van der Waals surface area (Å²) in [7, 11) is 0. The van der Waals surface area contributed by atoms with Crippen molar-refractivity contribution in [2.45, 2.75) is 13.3 Å². The van der Waals surface area contributed by atoms with Gasteiger partial charge >= 0.3 is 0 Å². The second-order valence-corrected chi connectivity index (χ2v) is 6.12. The molecule has 0 radical (unpaired) electrons. The average Bonchev–Trinajstić information content (AvgIpc) is 2.65. The predicted molar refractivity (Wildman–Crippen MR) is 105 cm³/mol. The van der Waals surface area contributed by atoms with Crippen LogP contribution in [0.1, 0.15) is 23.7 Å². The summed E-state index contributed by atoms with van der Waals surface area (Å²) >= 11 is 5.75. The highest BCUT2D eigenvalue weighted by molar-refractivity contribution is 6.33. The van der Waals surface area contributed by atoms with Crippen LogP contribution in [0.4, 0.5) is 17.1 Å². The molecule has 29 heavy (non-hydrogen) atoms. The largest absolute Gasteiger partial charge is 0.320 e. The number of hydrogen-bond donors (Lipinski definition) is 2. The van der Waals surface area contributed by atoms with Crippen LogP contribution in [0.2, 0.25) is 5.02 Å². The third-order valence-corrected chi connectivity index (χ3v) is 3.85. The van der Waals surface area contributed by atoms with Crippen LogP contribution in [0.25, 0.3) is 0 Å². The molecule has 0 unspecified atom stereocenters. The van der Waals surface area contributed by atoms with Crippen LogP contribution in [0.3, 0.4) is 0 Å². The van der Waals surface area contributed by atoms with E-state index in [4.69, 9.17) is 11.6 Å². The Morgan fingerprint density at radius 3 is 2.34 bits per heavy atom. The molecule has 2 amide bonds. The van der Waals surface area contributed by atoms with E-state index < -0.39 is 21.7 Å². The second-order valence-electron chi connectivity index (χ2n) is 5.71. The molecule has 11 nitrogen and oxygen atoms in total. The van der Waals surface area contributed by atoms with Crippen LogP contribution in [-0.4, -0.2) is 27.4 Å². The molecule has 0 aliphatic carbocycles. The van der Waals surface area contributed by atoms with Gasteiger partial charge in [0.15, 0.2) is 0 Å². The number of hydrazone groups is 1. The quantitative estimate of drug-likeness (QED) is 0.398.